The number of rotatable bonds is 2. The molecule has 2 aromatic heterocycles. The topological polar surface area (TPSA) is 77.2 Å². The number of nitrogens with zero attached hydrogens (tertiary/aromatic N) is 5. The summed E-state index contributed by atoms with van der Waals surface area (Å²) in [6.45, 7) is 16.4. The van der Waals surface area contributed by atoms with Crippen molar-refractivity contribution in [2.24, 2.45) is 0 Å². The molecule has 2 aromatic carbocycles. The molecule has 2 atom stereocenters. The molecule has 0 aliphatic carbocycles. The van der Waals surface area contributed by atoms with Crippen LogP contribution in [-0.4, -0.2) is 49.2 Å². The molecule has 2 aliphatic rings. The van der Waals surface area contributed by atoms with E-state index in [9.17, 15) is 13.6 Å². The average molecular weight is 593 g/mol. The number of carbonyl (C=O) groups excluding carboxylic acids is 1. The van der Waals surface area contributed by atoms with Gasteiger partial charge in [-0.05, 0) is 70.0 Å². The lowest BCUT2D eigenvalue weighted by molar-refractivity contribution is 0.0167. The van der Waals surface area contributed by atoms with Gasteiger partial charge >= 0.3 is 6.09 Å². The molecule has 10 heteroatoms. The zero-order valence-corrected chi connectivity index (χ0v) is 26.1. The van der Waals surface area contributed by atoms with Crippen LogP contribution in [0.15, 0.2) is 60.9 Å². The molecule has 6 rings (SSSR count). The molecular weight excluding hydrogens is 550 g/mol. The van der Waals surface area contributed by atoms with Crippen molar-refractivity contribution in [3.05, 3.63) is 83.9 Å². The Balaban J connectivity index is 0.000000195. The van der Waals surface area contributed by atoms with Crippen LogP contribution < -0.4 is 5.32 Å². The van der Waals surface area contributed by atoms with Crippen molar-refractivity contribution in [2.75, 3.05) is 13.1 Å². The summed E-state index contributed by atoms with van der Waals surface area (Å²) in [4.78, 5) is 14.1. The summed E-state index contributed by atoms with van der Waals surface area (Å²) in [5.41, 5.74) is 5.48. The van der Waals surface area contributed by atoms with Crippen LogP contribution >= 0.6 is 0 Å². The van der Waals surface area contributed by atoms with Crippen LogP contribution in [-0.2, 0) is 17.8 Å². The van der Waals surface area contributed by atoms with Gasteiger partial charge in [0.25, 0.3) is 0 Å². The molecule has 4 aromatic rings. The smallest absolute Gasteiger partial charge is 0.410 e. The molecule has 0 bridgehead atoms. The minimum atomic E-state index is -0.530. The van der Waals surface area contributed by atoms with Gasteiger partial charge in [-0.15, -0.1) is 0 Å². The highest BCUT2D eigenvalue weighted by Crippen LogP contribution is 2.31. The van der Waals surface area contributed by atoms with E-state index in [2.05, 4.69) is 27.1 Å². The number of fused-ring (bicyclic) bond motifs is 2. The maximum Gasteiger partial charge on any atom is 0.410 e. The summed E-state index contributed by atoms with van der Waals surface area (Å²) < 4.78 is 35.5. The summed E-state index contributed by atoms with van der Waals surface area (Å²) in [5, 5.41) is 12.2. The Hall–Kier alpha value is -4.05. The number of benzene rings is 2. The van der Waals surface area contributed by atoms with Crippen molar-refractivity contribution in [1.29, 1.82) is 0 Å². The van der Waals surface area contributed by atoms with Crippen LogP contribution in [0.3, 0.4) is 0 Å². The molecule has 43 heavy (non-hydrogen) atoms. The van der Waals surface area contributed by atoms with Gasteiger partial charge in [-0.25, -0.2) is 13.6 Å². The molecular formula is C33H42F2N6O2. The first kappa shape index (κ1) is 31.9. The number of amides is 1. The van der Waals surface area contributed by atoms with Gasteiger partial charge in [0.2, 0.25) is 0 Å². The lowest BCUT2D eigenvalue weighted by Gasteiger charge is -2.34. The van der Waals surface area contributed by atoms with Crippen molar-refractivity contribution in [3.8, 4) is 22.3 Å². The second-order valence-corrected chi connectivity index (χ2v) is 11.6. The summed E-state index contributed by atoms with van der Waals surface area (Å²) in [6.07, 6.45) is 3.32. The fourth-order valence-corrected chi connectivity index (χ4v) is 5.20. The standard InChI is InChI=1S/C18H22FN3O2.C13H14FN3.C2H6/c1-12-10-21(17(23)24-18(2,3)4)11-16-15(9-20-22(12)16)13-5-7-14(19)8-6-13;1-9-6-15-8-13-12(7-16-17(9)13)10-2-4-11(14)5-3-10;1-2/h5-9,12H,10-11H2,1-4H3;2-5,7,9,15H,6,8H2,1H3;1-2H3. The van der Waals surface area contributed by atoms with Crippen molar-refractivity contribution in [1.82, 2.24) is 29.8 Å². The molecule has 2 unspecified atom stereocenters. The van der Waals surface area contributed by atoms with E-state index in [-0.39, 0.29) is 23.8 Å². The first-order chi connectivity index (χ1) is 20.5. The molecule has 0 saturated heterocycles. The van der Waals surface area contributed by atoms with Crippen LogP contribution in [0.4, 0.5) is 13.6 Å². The Morgan fingerprint density at radius 2 is 1.33 bits per heavy atom. The van der Waals surface area contributed by atoms with Crippen molar-refractivity contribution < 1.29 is 18.3 Å². The number of hydrogen-bond donors (Lipinski definition) is 1. The second kappa shape index (κ2) is 13.5. The molecule has 2 aliphatic heterocycles. The SMILES string of the molecule is CC.CC1CN(C(=O)OC(C)(C)C)Cc2c(-c3ccc(F)cc3)cnn21.CC1CNCc2c(-c3ccc(F)cc3)cnn21. The van der Waals surface area contributed by atoms with Crippen LogP contribution in [0.2, 0.25) is 0 Å². The summed E-state index contributed by atoms with van der Waals surface area (Å²) >= 11 is 0. The number of halogens is 2. The molecule has 0 spiro atoms. The molecule has 4 heterocycles. The van der Waals surface area contributed by atoms with E-state index in [1.54, 1.807) is 35.4 Å². The number of nitrogens with one attached hydrogen (secondary N) is 1. The Bertz CT molecular complexity index is 1510. The van der Waals surface area contributed by atoms with Crippen LogP contribution in [0.5, 0.6) is 0 Å². The quantitative estimate of drug-likeness (QED) is 0.263. The van der Waals surface area contributed by atoms with Crippen LogP contribution in [0.25, 0.3) is 22.3 Å². The van der Waals surface area contributed by atoms with E-state index in [0.717, 1.165) is 41.0 Å². The molecule has 230 valence electrons. The van der Waals surface area contributed by atoms with Crippen LogP contribution in [0.1, 0.15) is 71.9 Å². The summed E-state index contributed by atoms with van der Waals surface area (Å²) in [6, 6.07) is 13.3. The van der Waals surface area contributed by atoms with E-state index in [1.165, 1.54) is 30.0 Å². The third-order valence-corrected chi connectivity index (χ3v) is 7.15. The van der Waals surface area contributed by atoms with E-state index >= 15 is 0 Å². The van der Waals surface area contributed by atoms with E-state index < -0.39 is 5.60 Å². The Morgan fingerprint density at radius 3 is 1.84 bits per heavy atom. The third-order valence-electron chi connectivity index (χ3n) is 7.15. The Kier molecular flexibility index (Phi) is 10.0. The average Bonchev–Trinajstić information content (AvgIpc) is 3.61. The minimum absolute atomic E-state index is 0.0514. The number of hydrogen-bond acceptors (Lipinski definition) is 5. The Labute approximate surface area is 252 Å². The number of aromatic nitrogens is 4. The van der Waals surface area contributed by atoms with Gasteiger partial charge in [0.15, 0.2) is 0 Å². The van der Waals surface area contributed by atoms with E-state index in [0.29, 0.717) is 19.1 Å². The van der Waals surface area contributed by atoms with Gasteiger partial charge in [-0.3, -0.25) is 9.36 Å². The zero-order valence-electron chi connectivity index (χ0n) is 26.1. The molecule has 1 amide bonds. The highest BCUT2D eigenvalue weighted by molar-refractivity contribution is 5.70. The van der Waals surface area contributed by atoms with Gasteiger partial charge in [0, 0.05) is 30.8 Å². The molecule has 1 N–H and O–H groups in total. The fourth-order valence-electron chi connectivity index (χ4n) is 5.20. The number of ether oxygens (including phenoxy) is 1. The number of carbonyl (C=O) groups is 1. The molecule has 8 nitrogen and oxygen atoms in total. The summed E-state index contributed by atoms with van der Waals surface area (Å²) in [7, 11) is 0. The van der Waals surface area contributed by atoms with Crippen LogP contribution in [0, 0.1) is 11.6 Å². The monoisotopic (exact) mass is 592 g/mol. The third kappa shape index (κ3) is 7.48. The van der Waals surface area contributed by atoms with E-state index in [1.807, 2.05) is 52.4 Å². The molecule has 0 saturated carbocycles. The maximum absolute atomic E-state index is 13.2. The lowest BCUT2D eigenvalue weighted by atomic mass is 10.0. The van der Waals surface area contributed by atoms with Gasteiger partial charge in [0.05, 0.1) is 42.4 Å². The van der Waals surface area contributed by atoms with Gasteiger partial charge in [0.1, 0.15) is 17.2 Å². The highest BCUT2D eigenvalue weighted by Gasteiger charge is 2.31. The van der Waals surface area contributed by atoms with Crippen molar-refractivity contribution in [3.63, 3.8) is 0 Å². The first-order valence-corrected chi connectivity index (χ1v) is 14.8. The van der Waals surface area contributed by atoms with Gasteiger partial charge < -0.3 is 15.0 Å². The van der Waals surface area contributed by atoms with Gasteiger partial charge in [-0.1, -0.05) is 38.1 Å². The van der Waals surface area contributed by atoms with Crippen molar-refractivity contribution >= 4 is 6.09 Å². The first-order valence-electron chi connectivity index (χ1n) is 14.8. The summed E-state index contributed by atoms with van der Waals surface area (Å²) in [5.74, 6) is -0.482. The zero-order chi connectivity index (χ0) is 31.3. The maximum atomic E-state index is 13.2. The normalized spacial score (nSPS) is 17.5. The van der Waals surface area contributed by atoms with Crippen molar-refractivity contribution in [2.45, 2.75) is 79.2 Å². The minimum Gasteiger partial charge on any atom is -0.444 e. The van der Waals surface area contributed by atoms with E-state index in [4.69, 9.17) is 4.74 Å². The largest absolute Gasteiger partial charge is 0.444 e. The second-order valence-electron chi connectivity index (χ2n) is 11.6. The molecule has 0 fully saturated rings. The predicted molar refractivity (Wildman–Crippen MR) is 164 cm³/mol. The van der Waals surface area contributed by atoms with Gasteiger partial charge in [-0.2, -0.15) is 10.2 Å². The Morgan fingerprint density at radius 1 is 0.837 bits per heavy atom. The molecule has 0 radical (unpaired) electrons. The fraction of sp³-hybridized carbons (Fsp3) is 0.424. The predicted octanol–water partition coefficient (Wildman–Crippen LogP) is 7.38. The lowest BCUT2D eigenvalue weighted by Crippen LogP contribution is -2.43. The highest BCUT2D eigenvalue weighted by atomic mass is 19.1.